The molecule has 0 bridgehead atoms. The van der Waals surface area contributed by atoms with Crippen LogP contribution in [-0.4, -0.2) is 61.1 Å². The van der Waals surface area contributed by atoms with E-state index in [4.69, 9.17) is 4.74 Å². The Hall–Kier alpha value is -2.86. The van der Waals surface area contributed by atoms with Crippen molar-refractivity contribution in [3.8, 4) is 0 Å². The lowest BCUT2D eigenvalue weighted by molar-refractivity contribution is -0.135. The topological polar surface area (TPSA) is 61.9 Å². The molecule has 2 aromatic rings. The molecule has 1 aliphatic rings. The van der Waals surface area contributed by atoms with Crippen molar-refractivity contribution in [2.75, 3.05) is 33.3 Å². The Morgan fingerprint density at radius 2 is 1.42 bits per heavy atom. The minimum atomic E-state index is -0.564. The van der Waals surface area contributed by atoms with Gasteiger partial charge in [0.2, 0.25) is 5.91 Å². The third-order valence-corrected chi connectivity index (χ3v) is 5.70. The van der Waals surface area contributed by atoms with Gasteiger partial charge in [0.25, 0.3) is 0 Å². The Morgan fingerprint density at radius 1 is 0.903 bits per heavy atom. The predicted molar refractivity (Wildman–Crippen MR) is 122 cm³/mol. The molecular weight excluding hydrogens is 390 g/mol. The van der Waals surface area contributed by atoms with Crippen molar-refractivity contribution < 1.29 is 14.3 Å². The number of benzene rings is 2. The average molecular weight is 424 g/mol. The molecule has 1 unspecified atom stereocenters. The molecule has 1 N–H and O–H groups in total. The van der Waals surface area contributed by atoms with E-state index in [2.05, 4.69) is 58.7 Å². The van der Waals surface area contributed by atoms with Crippen LogP contribution < -0.4 is 5.32 Å². The summed E-state index contributed by atoms with van der Waals surface area (Å²) in [5.74, 6) is 0.252. The van der Waals surface area contributed by atoms with Crippen LogP contribution in [0.25, 0.3) is 0 Å². The summed E-state index contributed by atoms with van der Waals surface area (Å²) in [6.07, 6.45) is 0.0241. The normalized spacial score (nSPS) is 15.7. The number of piperazine rings is 1. The zero-order valence-corrected chi connectivity index (χ0v) is 18.7. The van der Waals surface area contributed by atoms with Gasteiger partial charge in [-0.2, -0.15) is 0 Å². The maximum atomic E-state index is 13.1. The lowest BCUT2D eigenvalue weighted by Crippen LogP contribution is -2.55. The van der Waals surface area contributed by atoms with Gasteiger partial charge in [-0.05, 0) is 23.5 Å². The molecule has 1 saturated heterocycles. The Kier molecular flexibility index (Phi) is 8.06. The highest BCUT2D eigenvalue weighted by Gasteiger charge is 2.32. The summed E-state index contributed by atoms with van der Waals surface area (Å²) in [4.78, 5) is 29.2. The Labute approximate surface area is 185 Å². The summed E-state index contributed by atoms with van der Waals surface area (Å²) < 4.78 is 4.72. The number of amides is 2. The average Bonchev–Trinajstić information content (AvgIpc) is 2.80. The Balaban J connectivity index is 1.71. The molecular formula is C25H33N3O3. The van der Waals surface area contributed by atoms with Crippen LogP contribution in [0.5, 0.6) is 0 Å². The van der Waals surface area contributed by atoms with E-state index in [0.29, 0.717) is 19.5 Å². The molecule has 0 saturated carbocycles. The summed E-state index contributed by atoms with van der Waals surface area (Å²) >= 11 is 0. The smallest absolute Gasteiger partial charge is 0.407 e. The molecule has 1 fully saturated rings. The van der Waals surface area contributed by atoms with Gasteiger partial charge in [-0.15, -0.1) is 0 Å². The minimum Gasteiger partial charge on any atom is -0.453 e. The van der Waals surface area contributed by atoms with Crippen LogP contribution in [0.15, 0.2) is 60.7 Å². The highest BCUT2D eigenvalue weighted by Crippen LogP contribution is 2.29. The van der Waals surface area contributed by atoms with Gasteiger partial charge in [0, 0.05) is 26.2 Å². The highest BCUT2D eigenvalue weighted by molar-refractivity contribution is 5.85. The van der Waals surface area contributed by atoms with E-state index in [1.54, 1.807) is 0 Å². The molecule has 166 valence electrons. The molecule has 1 atom stereocenters. The fourth-order valence-electron chi connectivity index (χ4n) is 4.20. The van der Waals surface area contributed by atoms with Crippen molar-refractivity contribution in [3.63, 3.8) is 0 Å². The van der Waals surface area contributed by atoms with Crippen molar-refractivity contribution in [1.82, 2.24) is 15.1 Å². The van der Waals surface area contributed by atoms with Crippen molar-refractivity contribution >= 4 is 12.0 Å². The van der Waals surface area contributed by atoms with Crippen molar-refractivity contribution in [1.29, 1.82) is 0 Å². The van der Waals surface area contributed by atoms with E-state index in [-0.39, 0.29) is 17.9 Å². The second kappa shape index (κ2) is 11.0. The number of carbonyl (C=O) groups is 2. The van der Waals surface area contributed by atoms with Crippen LogP contribution in [0.1, 0.15) is 37.4 Å². The van der Waals surface area contributed by atoms with Gasteiger partial charge in [0.1, 0.15) is 6.04 Å². The number of hydrogen-bond donors (Lipinski definition) is 1. The van der Waals surface area contributed by atoms with Gasteiger partial charge >= 0.3 is 6.09 Å². The van der Waals surface area contributed by atoms with Gasteiger partial charge in [-0.1, -0.05) is 74.5 Å². The molecule has 1 aliphatic heterocycles. The molecule has 1 heterocycles. The lowest BCUT2D eigenvalue weighted by Gasteiger charge is -2.40. The number of carbonyl (C=O) groups excluding carboxylic acids is 2. The number of nitrogens with one attached hydrogen (secondary N) is 1. The third-order valence-electron chi connectivity index (χ3n) is 5.70. The SMILES string of the molecule is COC(=O)NC(CC(C)C)C(=O)N1CCN(C(c2ccccc2)c2ccccc2)CC1. The molecule has 0 aliphatic carbocycles. The zero-order valence-electron chi connectivity index (χ0n) is 18.7. The van der Waals surface area contributed by atoms with E-state index < -0.39 is 12.1 Å². The van der Waals surface area contributed by atoms with Crippen LogP contribution in [-0.2, 0) is 9.53 Å². The summed E-state index contributed by atoms with van der Waals surface area (Å²) in [6.45, 7) is 6.89. The quantitative estimate of drug-likeness (QED) is 0.738. The monoisotopic (exact) mass is 423 g/mol. The molecule has 0 spiro atoms. The molecule has 0 aromatic heterocycles. The number of nitrogens with zero attached hydrogens (tertiary/aromatic N) is 2. The van der Waals surface area contributed by atoms with Gasteiger partial charge in [-0.3, -0.25) is 9.69 Å². The number of ether oxygens (including phenoxy) is 1. The van der Waals surface area contributed by atoms with Gasteiger partial charge in [0.15, 0.2) is 0 Å². The van der Waals surface area contributed by atoms with Crippen LogP contribution in [0.3, 0.4) is 0 Å². The molecule has 6 nitrogen and oxygen atoms in total. The van der Waals surface area contributed by atoms with E-state index in [9.17, 15) is 9.59 Å². The zero-order chi connectivity index (χ0) is 22.2. The summed E-state index contributed by atoms with van der Waals surface area (Å²) in [5.41, 5.74) is 2.50. The maximum Gasteiger partial charge on any atom is 0.407 e. The molecule has 2 aromatic carbocycles. The fourth-order valence-corrected chi connectivity index (χ4v) is 4.20. The molecule has 0 radical (unpaired) electrons. The molecule has 2 amide bonds. The number of hydrogen-bond acceptors (Lipinski definition) is 4. The van der Waals surface area contributed by atoms with E-state index in [0.717, 1.165) is 13.1 Å². The number of rotatable bonds is 7. The second-order valence-corrected chi connectivity index (χ2v) is 8.40. The van der Waals surface area contributed by atoms with Gasteiger partial charge < -0.3 is 15.0 Å². The first kappa shape index (κ1) is 22.8. The van der Waals surface area contributed by atoms with E-state index >= 15 is 0 Å². The second-order valence-electron chi connectivity index (χ2n) is 8.40. The fraction of sp³-hybridized carbons (Fsp3) is 0.440. The number of methoxy groups -OCH3 is 1. The third kappa shape index (κ3) is 6.07. The summed E-state index contributed by atoms with van der Waals surface area (Å²) in [6, 6.07) is 20.6. The maximum absolute atomic E-state index is 13.1. The van der Waals surface area contributed by atoms with Crippen LogP contribution in [0, 0.1) is 5.92 Å². The molecule has 31 heavy (non-hydrogen) atoms. The standard InChI is InChI=1S/C25H33N3O3/c1-19(2)18-22(26-25(30)31-3)24(29)28-16-14-27(15-17-28)23(20-10-6-4-7-11-20)21-12-8-5-9-13-21/h4-13,19,22-23H,14-18H2,1-3H3,(H,26,30). The first-order valence-electron chi connectivity index (χ1n) is 11.0. The van der Waals surface area contributed by atoms with Crippen LogP contribution in [0.2, 0.25) is 0 Å². The number of alkyl carbamates (subject to hydrolysis) is 1. The first-order chi connectivity index (χ1) is 15.0. The summed E-state index contributed by atoms with van der Waals surface area (Å²) in [5, 5.41) is 2.71. The molecule has 6 heteroatoms. The van der Waals surface area contributed by atoms with Gasteiger partial charge in [0.05, 0.1) is 13.2 Å². The van der Waals surface area contributed by atoms with Gasteiger partial charge in [-0.25, -0.2) is 4.79 Å². The predicted octanol–water partition coefficient (Wildman–Crippen LogP) is 3.69. The van der Waals surface area contributed by atoms with Crippen molar-refractivity contribution in [3.05, 3.63) is 71.8 Å². The Bertz CT molecular complexity index is 794. The van der Waals surface area contributed by atoms with Crippen LogP contribution >= 0.6 is 0 Å². The van der Waals surface area contributed by atoms with Crippen molar-refractivity contribution in [2.24, 2.45) is 5.92 Å². The Morgan fingerprint density at radius 3 is 1.87 bits per heavy atom. The van der Waals surface area contributed by atoms with E-state index in [1.165, 1.54) is 18.2 Å². The van der Waals surface area contributed by atoms with Crippen molar-refractivity contribution in [2.45, 2.75) is 32.4 Å². The summed E-state index contributed by atoms with van der Waals surface area (Å²) in [7, 11) is 1.32. The molecule has 3 rings (SSSR count). The minimum absolute atomic E-state index is 0.0327. The largest absolute Gasteiger partial charge is 0.453 e. The van der Waals surface area contributed by atoms with E-state index in [1.807, 2.05) is 30.9 Å². The lowest BCUT2D eigenvalue weighted by atomic mass is 9.96. The first-order valence-corrected chi connectivity index (χ1v) is 11.0. The van der Waals surface area contributed by atoms with Crippen LogP contribution in [0.4, 0.5) is 4.79 Å². The highest BCUT2D eigenvalue weighted by atomic mass is 16.5.